The molecule has 2 rings (SSSR count). The normalized spacial score (nSPS) is 19.8. The van der Waals surface area contributed by atoms with Crippen LogP contribution in [-0.4, -0.2) is 59.9 Å². The van der Waals surface area contributed by atoms with Crippen LogP contribution in [0.15, 0.2) is 17.4 Å². The lowest BCUT2D eigenvalue weighted by atomic mass is 10.0. The Morgan fingerprint density at radius 1 is 1.35 bits per heavy atom. The maximum Gasteiger partial charge on any atom is 0.190 e. The van der Waals surface area contributed by atoms with Crippen molar-refractivity contribution in [1.29, 1.82) is 0 Å². The monoisotopic (exact) mass is 320 g/mol. The minimum Gasteiger partial charge on any atom is -0.356 e. The van der Waals surface area contributed by atoms with Gasteiger partial charge in [-0.2, -0.15) is 5.10 Å². The summed E-state index contributed by atoms with van der Waals surface area (Å²) in [6.45, 7) is 6.63. The molecule has 2 N–H and O–H groups in total. The Labute approximate surface area is 140 Å². The average Bonchev–Trinajstić information content (AvgIpc) is 2.96. The molecule has 23 heavy (non-hydrogen) atoms. The fourth-order valence-electron chi connectivity index (χ4n) is 3.13. The SMILES string of the molecule is CN=C(NCCCN1CCCCC1C)NCCc1cnn(C)c1. The molecule has 1 aliphatic rings. The van der Waals surface area contributed by atoms with Gasteiger partial charge < -0.3 is 15.5 Å². The number of aromatic nitrogens is 2. The van der Waals surface area contributed by atoms with E-state index in [2.05, 4.69) is 38.7 Å². The summed E-state index contributed by atoms with van der Waals surface area (Å²) in [6, 6.07) is 0.751. The van der Waals surface area contributed by atoms with E-state index in [4.69, 9.17) is 0 Å². The minimum atomic E-state index is 0.751. The van der Waals surface area contributed by atoms with Crippen LogP contribution in [0.4, 0.5) is 0 Å². The zero-order valence-corrected chi connectivity index (χ0v) is 14.9. The Kier molecular flexibility index (Phi) is 7.39. The Balaban J connectivity index is 1.57. The van der Waals surface area contributed by atoms with Crippen molar-refractivity contribution in [2.45, 2.75) is 45.1 Å². The molecule has 1 unspecified atom stereocenters. The first-order valence-electron chi connectivity index (χ1n) is 8.85. The molecule has 6 heteroatoms. The number of hydrogen-bond acceptors (Lipinski definition) is 3. The highest BCUT2D eigenvalue weighted by Crippen LogP contribution is 2.15. The second-order valence-electron chi connectivity index (χ2n) is 6.43. The summed E-state index contributed by atoms with van der Waals surface area (Å²) in [7, 11) is 3.77. The third-order valence-electron chi connectivity index (χ3n) is 4.54. The van der Waals surface area contributed by atoms with Gasteiger partial charge >= 0.3 is 0 Å². The molecule has 0 bridgehead atoms. The Morgan fingerprint density at radius 2 is 2.17 bits per heavy atom. The Hall–Kier alpha value is -1.56. The summed E-state index contributed by atoms with van der Waals surface area (Å²) in [6.07, 6.45) is 10.2. The van der Waals surface area contributed by atoms with E-state index in [0.717, 1.165) is 37.9 Å². The lowest BCUT2D eigenvalue weighted by molar-refractivity contribution is 0.159. The maximum absolute atomic E-state index is 4.28. The third-order valence-corrected chi connectivity index (χ3v) is 4.54. The highest BCUT2D eigenvalue weighted by Gasteiger charge is 2.16. The number of aliphatic imine (C=N–C) groups is 1. The van der Waals surface area contributed by atoms with Gasteiger partial charge in [-0.3, -0.25) is 9.67 Å². The van der Waals surface area contributed by atoms with Gasteiger partial charge in [0.2, 0.25) is 0 Å². The second kappa shape index (κ2) is 9.55. The molecule has 0 amide bonds. The highest BCUT2D eigenvalue weighted by molar-refractivity contribution is 5.79. The van der Waals surface area contributed by atoms with E-state index in [0.29, 0.717) is 0 Å². The summed E-state index contributed by atoms with van der Waals surface area (Å²) in [5, 5.41) is 11.0. The molecule has 1 saturated heterocycles. The fraction of sp³-hybridized carbons (Fsp3) is 0.765. The van der Waals surface area contributed by atoms with Gasteiger partial charge in [-0.05, 0) is 44.7 Å². The zero-order valence-electron chi connectivity index (χ0n) is 14.9. The van der Waals surface area contributed by atoms with Gasteiger partial charge in [0.15, 0.2) is 5.96 Å². The van der Waals surface area contributed by atoms with Crippen molar-refractivity contribution in [3.63, 3.8) is 0 Å². The van der Waals surface area contributed by atoms with Crippen LogP contribution in [0.5, 0.6) is 0 Å². The number of guanidine groups is 1. The number of nitrogens with one attached hydrogen (secondary N) is 2. The molecule has 1 aromatic rings. The van der Waals surface area contributed by atoms with Crippen molar-refractivity contribution in [3.8, 4) is 0 Å². The Bertz CT molecular complexity index is 481. The van der Waals surface area contributed by atoms with Crippen LogP contribution in [-0.2, 0) is 13.5 Å². The summed E-state index contributed by atoms with van der Waals surface area (Å²) in [5.74, 6) is 0.889. The molecule has 1 fully saturated rings. The first-order chi connectivity index (χ1) is 11.2. The van der Waals surface area contributed by atoms with Gasteiger partial charge in [-0.15, -0.1) is 0 Å². The number of hydrogen-bond donors (Lipinski definition) is 2. The molecule has 0 spiro atoms. The predicted octanol–water partition coefficient (Wildman–Crippen LogP) is 1.39. The van der Waals surface area contributed by atoms with Crippen molar-refractivity contribution in [3.05, 3.63) is 18.0 Å². The van der Waals surface area contributed by atoms with E-state index in [-0.39, 0.29) is 0 Å². The summed E-state index contributed by atoms with van der Waals surface area (Å²) >= 11 is 0. The fourth-order valence-corrected chi connectivity index (χ4v) is 3.13. The quantitative estimate of drug-likeness (QED) is 0.453. The molecule has 0 radical (unpaired) electrons. The van der Waals surface area contributed by atoms with Gasteiger partial charge in [0.05, 0.1) is 6.20 Å². The number of nitrogens with zero attached hydrogens (tertiary/aromatic N) is 4. The van der Waals surface area contributed by atoms with E-state index in [1.165, 1.54) is 37.9 Å². The smallest absolute Gasteiger partial charge is 0.190 e. The largest absolute Gasteiger partial charge is 0.356 e. The van der Waals surface area contributed by atoms with Crippen LogP contribution in [0.3, 0.4) is 0 Å². The second-order valence-corrected chi connectivity index (χ2v) is 6.43. The van der Waals surface area contributed by atoms with E-state index >= 15 is 0 Å². The molecule has 0 saturated carbocycles. The summed E-state index contributed by atoms with van der Waals surface area (Å²) in [4.78, 5) is 6.90. The summed E-state index contributed by atoms with van der Waals surface area (Å²) in [5.41, 5.74) is 1.24. The molecule has 1 atom stereocenters. The van der Waals surface area contributed by atoms with Gasteiger partial charge in [-0.25, -0.2) is 0 Å². The lowest BCUT2D eigenvalue weighted by Gasteiger charge is -2.33. The lowest BCUT2D eigenvalue weighted by Crippen LogP contribution is -2.41. The van der Waals surface area contributed by atoms with Crippen LogP contribution < -0.4 is 10.6 Å². The van der Waals surface area contributed by atoms with Gasteiger partial charge in [0.1, 0.15) is 0 Å². The van der Waals surface area contributed by atoms with Crippen LogP contribution in [0.1, 0.15) is 38.2 Å². The molecule has 0 aromatic carbocycles. The Morgan fingerprint density at radius 3 is 2.87 bits per heavy atom. The number of piperidine rings is 1. The van der Waals surface area contributed by atoms with Crippen LogP contribution in [0.2, 0.25) is 0 Å². The first-order valence-corrected chi connectivity index (χ1v) is 8.85. The van der Waals surface area contributed by atoms with E-state index < -0.39 is 0 Å². The number of likely N-dealkylation sites (tertiary alicyclic amines) is 1. The van der Waals surface area contributed by atoms with E-state index in [1.807, 2.05) is 25.0 Å². The van der Waals surface area contributed by atoms with Crippen molar-refractivity contribution < 1.29 is 0 Å². The number of rotatable bonds is 7. The van der Waals surface area contributed by atoms with Crippen molar-refractivity contribution in [2.75, 3.05) is 33.2 Å². The van der Waals surface area contributed by atoms with Crippen molar-refractivity contribution in [2.24, 2.45) is 12.0 Å². The molecular weight excluding hydrogens is 288 g/mol. The highest BCUT2D eigenvalue weighted by atomic mass is 15.2. The average molecular weight is 320 g/mol. The molecule has 130 valence electrons. The van der Waals surface area contributed by atoms with Gasteiger partial charge in [0.25, 0.3) is 0 Å². The topological polar surface area (TPSA) is 57.5 Å². The minimum absolute atomic E-state index is 0.751. The first kappa shape index (κ1) is 17.8. The van der Waals surface area contributed by atoms with Crippen LogP contribution in [0, 0.1) is 0 Å². The van der Waals surface area contributed by atoms with Crippen molar-refractivity contribution in [1.82, 2.24) is 25.3 Å². The third kappa shape index (κ3) is 6.22. The van der Waals surface area contributed by atoms with Crippen LogP contribution in [0.25, 0.3) is 0 Å². The maximum atomic E-state index is 4.28. The molecule has 1 aromatic heterocycles. The van der Waals surface area contributed by atoms with Crippen molar-refractivity contribution >= 4 is 5.96 Å². The zero-order chi connectivity index (χ0) is 16.5. The van der Waals surface area contributed by atoms with E-state index in [9.17, 15) is 0 Å². The van der Waals surface area contributed by atoms with E-state index in [1.54, 1.807) is 0 Å². The molecule has 0 aliphatic carbocycles. The molecule has 1 aliphatic heterocycles. The van der Waals surface area contributed by atoms with Crippen LogP contribution >= 0.6 is 0 Å². The predicted molar refractivity (Wildman–Crippen MR) is 95.8 cm³/mol. The molecule has 6 nitrogen and oxygen atoms in total. The standard InChI is InChI=1S/C17H32N6/c1-15-7-4-5-11-23(15)12-6-9-19-17(18-2)20-10-8-16-13-21-22(3)14-16/h13-15H,4-12H2,1-3H3,(H2,18,19,20). The van der Waals surface area contributed by atoms with Gasteiger partial charge in [0, 0.05) is 46.0 Å². The summed E-state index contributed by atoms with van der Waals surface area (Å²) < 4.78 is 1.84. The molecular formula is C17H32N6. The van der Waals surface area contributed by atoms with Gasteiger partial charge in [-0.1, -0.05) is 6.42 Å². The number of aryl methyl sites for hydroxylation is 1. The molecule has 2 heterocycles.